The summed E-state index contributed by atoms with van der Waals surface area (Å²) in [5, 5.41) is 0. The molecule has 0 heterocycles. The van der Waals surface area contributed by atoms with E-state index in [1.165, 1.54) is 0 Å². The molecule has 2 atom stereocenters. The Morgan fingerprint density at radius 2 is 2.00 bits per heavy atom. The number of hydrogen-bond acceptors (Lipinski definition) is 0. The van der Waals surface area contributed by atoms with Crippen LogP contribution < -0.4 is 0 Å². The first-order valence-electron chi connectivity index (χ1n) is 1.16. The van der Waals surface area contributed by atoms with Crippen molar-refractivity contribution in [2.75, 3.05) is 0 Å². The Bertz CT molecular complexity index is 17.6. The highest BCUT2D eigenvalue weighted by Gasteiger charge is 1.88. The van der Waals surface area contributed by atoms with Crippen LogP contribution in [0.4, 0.5) is 0 Å². The molecule has 0 aliphatic carbocycles. The minimum absolute atomic E-state index is 0.548. The summed E-state index contributed by atoms with van der Waals surface area (Å²) in [4.78, 5) is 0. The van der Waals surface area contributed by atoms with Crippen molar-refractivity contribution >= 4 is 41.2 Å². The third-order valence-electron chi connectivity index (χ3n) is 0.156. The van der Waals surface area contributed by atoms with E-state index in [-0.39, 0.29) is 0 Å². The van der Waals surface area contributed by atoms with Crippen LogP contribution in [0.15, 0.2) is 0 Å². The Kier molecular flexibility index (Phi) is 5.37. The van der Waals surface area contributed by atoms with E-state index in [9.17, 15) is 0 Å². The van der Waals surface area contributed by atoms with Gasteiger partial charge >= 0.3 is 0 Å². The molecule has 0 spiro atoms. The van der Waals surface area contributed by atoms with Gasteiger partial charge in [-0.2, -0.15) is 9.12 Å². The third-order valence-corrected chi connectivity index (χ3v) is 4.20. The molecule has 5 heavy (non-hydrogen) atoms. The molecule has 0 saturated heterocycles. The summed E-state index contributed by atoms with van der Waals surface area (Å²) in [6, 6.07) is 0. The molecule has 0 bridgehead atoms. The van der Waals surface area contributed by atoms with Crippen LogP contribution in [0, 0.1) is 0 Å². The van der Waals surface area contributed by atoms with Crippen molar-refractivity contribution in [1.29, 1.82) is 0 Å². The van der Waals surface area contributed by atoms with Crippen molar-refractivity contribution in [2.24, 2.45) is 0 Å². The minimum atomic E-state index is 0.548. The Morgan fingerprint density at radius 3 is 2.00 bits per heavy atom. The highest BCUT2D eigenvalue weighted by molar-refractivity contribution is 8.39. The molecule has 5 heteroatoms. The Labute approximate surface area is 41.9 Å². The molecule has 0 rings (SSSR count). The monoisotopic (exact) mass is 140 g/mol. The molecule has 0 aromatic carbocycles. The Morgan fingerprint density at radius 1 is 1.80 bits per heavy atom. The summed E-state index contributed by atoms with van der Waals surface area (Å²) in [5.41, 5.74) is 0. The van der Waals surface area contributed by atoms with E-state index in [1.54, 1.807) is 0 Å². The van der Waals surface area contributed by atoms with Crippen LogP contribution >= 0.6 is 35.3 Å². The standard InChI is InChI=1S/BH5P4/c2-1(3)5-4/h2,4-5H,3H2. The molecule has 0 aliphatic rings. The van der Waals surface area contributed by atoms with Crippen LogP contribution in [0.2, 0.25) is 0 Å². The molecule has 0 saturated carbocycles. The summed E-state index contributed by atoms with van der Waals surface area (Å²) >= 11 is 0. The molecule has 0 nitrogen and oxygen atoms in total. The van der Waals surface area contributed by atoms with Gasteiger partial charge in [0, 0.05) is 0 Å². The molecular weight excluding hydrogens is 135 g/mol. The topological polar surface area (TPSA) is 0 Å². The van der Waals surface area contributed by atoms with E-state index < -0.39 is 0 Å². The zero-order valence-corrected chi connectivity index (χ0v) is 6.81. The highest BCUT2D eigenvalue weighted by atomic mass is 32.0. The van der Waals surface area contributed by atoms with Gasteiger partial charge < -0.3 is 0 Å². The smallest absolute Gasteiger partial charge is 0.160 e. The van der Waals surface area contributed by atoms with Crippen molar-refractivity contribution < 1.29 is 0 Å². The van der Waals surface area contributed by atoms with Gasteiger partial charge in [-0.05, 0) is 0 Å². The molecular formula is H5BP4. The summed E-state index contributed by atoms with van der Waals surface area (Å²) in [6.45, 7) is 0. The molecule has 2 radical (unpaired) electrons. The number of rotatable bonds is 1. The second kappa shape index (κ2) is 3.96. The first-order valence-corrected chi connectivity index (χ1v) is 4.98. The van der Waals surface area contributed by atoms with Gasteiger partial charge in [0.15, 0.2) is 0 Å². The molecule has 0 aliphatic heterocycles. The fourth-order valence-corrected chi connectivity index (χ4v) is 0. The first-order chi connectivity index (χ1) is 2.27. The zero-order valence-electron chi connectivity index (χ0n) is 2.65. The van der Waals surface area contributed by atoms with Crippen molar-refractivity contribution in [1.82, 2.24) is 0 Å². The second-order valence-electron chi connectivity index (χ2n) is 0.622. The van der Waals surface area contributed by atoms with E-state index in [4.69, 9.17) is 0 Å². The van der Waals surface area contributed by atoms with Crippen LogP contribution in [0.25, 0.3) is 0 Å². The van der Waals surface area contributed by atoms with Crippen LogP contribution in [0.3, 0.4) is 0 Å². The van der Waals surface area contributed by atoms with Gasteiger partial charge in [0.2, 0.25) is 5.87 Å². The maximum absolute atomic E-state index is 3.34. The summed E-state index contributed by atoms with van der Waals surface area (Å²) < 4.78 is 0. The molecule has 0 N–H and O–H groups in total. The normalized spacial score (nSPS) is 10.2. The Balaban J connectivity index is 2.54. The fraction of sp³-hybridized carbons (Fsp3) is 0. The largest absolute Gasteiger partial charge is 0.224 e. The van der Waals surface area contributed by atoms with Crippen molar-refractivity contribution in [2.45, 2.75) is 0 Å². The van der Waals surface area contributed by atoms with E-state index in [0.29, 0.717) is 5.87 Å². The lowest BCUT2D eigenvalue weighted by Gasteiger charge is -1.83. The lowest BCUT2D eigenvalue weighted by atomic mass is 10.7. The van der Waals surface area contributed by atoms with E-state index in [1.807, 2.05) is 0 Å². The van der Waals surface area contributed by atoms with Gasteiger partial charge in [-0.15, -0.1) is 17.3 Å². The quantitative estimate of drug-likeness (QED) is 0.384. The number of hydrogen-bond donors (Lipinski definition) is 0. The van der Waals surface area contributed by atoms with Crippen LogP contribution in [0.5, 0.6) is 0 Å². The maximum atomic E-state index is 3.34. The van der Waals surface area contributed by atoms with Gasteiger partial charge in [-0.25, -0.2) is 0 Å². The van der Waals surface area contributed by atoms with Crippen molar-refractivity contribution in [3.63, 3.8) is 0 Å². The van der Waals surface area contributed by atoms with Crippen molar-refractivity contribution in [3.05, 3.63) is 0 Å². The summed E-state index contributed by atoms with van der Waals surface area (Å²) in [7, 11) is 10.1. The SMILES string of the molecule is [PH]PB([PH])P. The van der Waals surface area contributed by atoms with Crippen molar-refractivity contribution in [3.8, 4) is 0 Å². The predicted molar refractivity (Wildman–Crippen MR) is 40.4 cm³/mol. The summed E-state index contributed by atoms with van der Waals surface area (Å²) in [5.74, 6) is 0.548. The molecule has 0 amide bonds. The van der Waals surface area contributed by atoms with E-state index in [2.05, 4.69) is 27.2 Å². The maximum Gasteiger partial charge on any atom is 0.224 e. The van der Waals surface area contributed by atoms with Crippen LogP contribution in [-0.2, 0) is 0 Å². The molecule has 0 aromatic rings. The molecule has 28 valence electrons. The van der Waals surface area contributed by atoms with Gasteiger partial charge in [0.05, 0.1) is 0 Å². The molecule has 0 fully saturated rings. The Hall–Kier alpha value is 1.78. The van der Waals surface area contributed by atoms with Gasteiger partial charge in [0.1, 0.15) is 0 Å². The zero-order chi connectivity index (χ0) is 4.28. The molecule has 0 aromatic heterocycles. The summed E-state index contributed by atoms with van der Waals surface area (Å²) in [6.07, 6.45) is 0. The van der Waals surface area contributed by atoms with Crippen LogP contribution in [-0.4, -0.2) is 5.87 Å². The third kappa shape index (κ3) is 5.78. The van der Waals surface area contributed by atoms with Gasteiger partial charge in [-0.1, -0.05) is 8.93 Å². The lowest BCUT2D eigenvalue weighted by Crippen LogP contribution is -1.65. The molecule has 2 unspecified atom stereocenters. The van der Waals surface area contributed by atoms with E-state index in [0.717, 1.165) is 8.15 Å². The fourth-order valence-electron chi connectivity index (χ4n) is 0. The van der Waals surface area contributed by atoms with Gasteiger partial charge in [0.25, 0.3) is 0 Å². The lowest BCUT2D eigenvalue weighted by molar-refractivity contribution is 4.46. The highest BCUT2D eigenvalue weighted by Crippen LogP contribution is 2.31. The van der Waals surface area contributed by atoms with Crippen LogP contribution in [0.1, 0.15) is 0 Å². The van der Waals surface area contributed by atoms with E-state index >= 15 is 0 Å². The average molecular weight is 140 g/mol. The first kappa shape index (κ1) is 6.78. The average Bonchev–Trinajstić information content (AvgIpc) is 1.38. The predicted octanol–water partition coefficient (Wildman–Crippen LogP) is 1.73. The minimum Gasteiger partial charge on any atom is -0.160 e. The van der Waals surface area contributed by atoms with Gasteiger partial charge in [-0.3, -0.25) is 0 Å². The second-order valence-corrected chi connectivity index (χ2v) is 5.60.